The molecule has 3 aromatic carbocycles. The van der Waals surface area contributed by atoms with Crippen LogP contribution in [0.25, 0.3) is 10.8 Å². The fourth-order valence-corrected chi connectivity index (χ4v) is 5.37. The number of ether oxygens (including phenoxy) is 2. The Morgan fingerprint density at radius 3 is 1.86 bits per heavy atom. The van der Waals surface area contributed by atoms with Gasteiger partial charge in [0.1, 0.15) is 24.7 Å². The van der Waals surface area contributed by atoms with Crippen LogP contribution in [0.5, 0.6) is 11.5 Å². The van der Waals surface area contributed by atoms with Gasteiger partial charge >= 0.3 is 0 Å². The first-order valence-corrected chi connectivity index (χ1v) is 14.8. The van der Waals surface area contributed by atoms with Crippen molar-refractivity contribution in [1.82, 2.24) is 0 Å². The van der Waals surface area contributed by atoms with Crippen molar-refractivity contribution in [2.24, 2.45) is 0 Å². The summed E-state index contributed by atoms with van der Waals surface area (Å²) in [5.41, 5.74) is 0. The summed E-state index contributed by atoms with van der Waals surface area (Å²) in [6.07, 6.45) is 9.60. The second kappa shape index (κ2) is 16.6. The first-order chi connectivity index (χ1) is 18.1. The summed E-state index contributed by atoms with van der Waals surface area (Å²) >= 11 is 1.62. The van der Waals surface area contributed by atoms with E-state index in [0.717, 1.165) is 70.6 Å². The van der Waals surface area contributed by atoms with Gasteiger partial charge in [-0.05, 0) is 31.0 Å². The summed E-state index contributed by atoms with van der Waals surface area (Å²) in [6, 6.07) is 20.3. The van der Waals surface area contributed by atoms with Gasteiger partial charge in [0.25, 0.3) is 0 Å². The number of rotatable bonds is 18. The smallest absolute Gasteiger partial charge is 0.141 e. The van der Waals surface area contributed by atoms with Gasteiger partial charge in [-0.15, -0.1) is 0 Å². The molecule has 3 aromatic rings. The van der Waals surface area contributed by atoms with E-state index in [-0.39, 0.29) is 13.2 Å². The van der Waals surface area contributed by atoms with E-state index in [4.69, 9.17) is 9.47 Å². The zero-order chi connectivity index (χ0) is 26.3. The summed E-state index contributed by atoms with van der Waals surface area (Å²) in [5.74, 6) is 1.51. The Balaban J connectivity index is 1.81. The average molecular weight is 525 g/mol. The predicted molar refractivity (Wildman–Crippen MR) is 155 cm³/mol. The van der Waals surface area contributed by atoms with Gasteiger partial charge in [0.15, 0.2) is 0 Å². The van der Waals surface area contributed by atoms with Crippen molar-refractivity contribution < 1.29 is 19.7 Å². The molecule has 0 amide bonds. The molecule has 37 heavy (non-hydrogen) atoms. The second-order valence-corrected chi connectivity index (χ2v) is 10.9. The zero-order valence-corrected chi connectivity index (χ0v) is 23.3. The maximum Gasteiger partial charge on any atom is 0.141 e. The van der Waals surface area contributed by atoms with E-state index in [0.29, 0.717) is 0 Å². The fraction of sp³-hybridized carbons (Fsp3) is 0.500. The normalized spacial score (nSPS) is 13.0. The summed E-state index contributed by atoms with van der Waals surface area (Å²) in [5, 5.41) is 23.0. The fourth-order valence-electron chi connectivity index (χ4n) is 4.40. The minimum Gasteiger partial charge on any atom is -0.490 e. The molecule has 0 fully saturated rings. The highest BCUT2D eigenvalue weighted by atomic mass is 32.2. The molecule has 0 heterocycles. The van der Waals surface area contributed by atoms with E-state index in [2.05, 4.69) is 26.0 Å². The Bertz CT molecular complexity index is 1040. The number of hydrogen-bond donors (Lipinski definition) is 2. The summed E-state index contributed by atoms with van der Waals surface area (Å²) in [6.45, 7) is 4.91. The number of aliphatic hydroxyl groups is 2. The number of benzene rings is 3. The van der Waals surface area contributed by atoms with Gasteiger partial charge in [0.05, 0.1) is 17.1 Å². The van der Waals surface area contributed by atoms with Crippen molar-refractivity contribution in [2.45, 2.75) is 100 Å². The molecule has 202 valence electrons. The first-order valence-electron chi connectivity index (χ1n) is 14.0. The van der Waals surface area contributed by atoms with E-state index in [1.54, 1.807) is 11.8 Å². The monoisotopic (exact) mass is 524 g/mol. The second-order valence-electron chi connectivity index (χ2n) is 9.79. The lowest BCUT2D eigenvalue weighted by Gasteiger charge is -2.20. The Morgan fingerprint density at radius 2 is 1.24 bits per heavy atom. The van der Waals surface area contributed by atoms with Gasteiger partial charge in [-0.1, -0.05) is 119 Å². The molecule has 0 saturated heterocycles. The third-order valence-electron chi connectivity index (χ3n) is 6.53. The van der Waals surface area contributed by atoms with E-state index in [1.807, 2.05) is 48.5 Å². The van der Waals surface area contributed by atoms with Crippen LogP contribution in [0, 0.1) is 0 Å². The van der Waals surface area contributed by atoms with Crippen LogP contribution >= 0.6 is 11.8 Å². The molecule has 2 atom stereocenters. The SMILES string of the molecule is CCCCCCC(O)COc1cc(Sc2ccccc2)c(OCC(O)CCCCCC)c2ccccc12. The van der Waals surface area contributed by atoms with Crippen LogP contribution in [-0.2, 0) is 0 Å². The van der Waals surface area contributed by atoms with Crippen LogP contribution in [0.1, 0.15) is 78.1 Å². The highest BCUT2D eigenvalue weighted by Crippen LogP contribution is 2.44. The van der Waals surface area contributed by atoms with Gasteiger partial charge in [-0.2, -0.15) is 0 Å². The van der Waals surface area contributed by atoms with Crippen molar-refractivity contribution in [2.75, 3.05) is 13.2 Å². The first kappa shape index (κ1) is 29.3. The molecule has 0 spiro atoms. The highest BCUT2D eigenvalue weighted by Gasteiger charge is 2.18. The molecule has 0 bridgehead atoms. The molecule has 0 aliphatic heterocycles. The number of unbranched alkanes of at least 4 members (excludes halogenated alkanes) is 6. The lowest BCUT2D eigenvalue weighted by molar-refractivity contribution is 0.0956. The van der Waals surface area contributed by atoms with Crippen LogP contribution in [0.2, 0.25) is 0 Å². The highest BCUT2D eigenvalue weighted by molar-refractivity contribution is 7.99. The minimum atomic E-state index is -0.496. The van der Waals surface area contributed by atoms with Crippen LogP contribution in [-0.4, -0.2) is 35.6 Å². The molecule has 0 aliphatic rings. The van der Waals surface area contributed by atoms with Crippen molar-refractivity contribution in [1.29, 1.82) is 0 Å². The van der Waals surface area contributed by atoms with E-state index in [1.165, 1.54) is 25.7 Å². The molecule has 0 aromatic heterocycles. The Kier molecular flexibility index (Phi) is 13.2. The molecular formula is C32H44O4S. The summed E-state index contributed by atoms with van der Waals surface area (Å²) in [7, 11) is 0. The lowest BCUT2D eigenvalue weighted by atomic mass is 10.1. The van der Waals surface area contributed by atoms with E-state index in [9.17, 15) is 10.2 Å². The third-order valence-corrected chi connectivity index (χ3v) is 7.56. The molecule has 2 unspecified atom stereocenters. The van der Waals surface area contributed by atoms with Crippen LogP contribution in [0.3, 0.4) is 0 Å². The van der Waals surface area contributed by atoms with E-state index < -0.39 is 12.2 Å². The van der Waals surface area contributed by atoms with Crippen LogP contribution < -0.4 is 9.47 Å². The maximum absolute atomic E-state index is 10.6. The Morgan fingerprint density at radius 1 is 0.676 bits per heavy atom. The topological polar surface area (TPSA) is 58.9 Å². The largest absolute Gasteiger partial charge is 0.490 e. The maximum atomic E-state index is 10.6. The number of fused-ring (bicyclic) bond motifs is 1. The average Bonchev–Trinajstić information content (AvgIpc) is 2.92. The Labute approximate surface area is 227 Å². The minimum absolute atomic E-state index is 0.259. The molecular weight excluding hydrogens is 480 g/mol. The van der Waals surface area contributed by atoms with Gasteiger partial charge < -0.3 is 19.7 Å². The van der Waals surface area contributed by atoms with Crippen molar-refractivity contribution in [3.8, 4) is 11.5 Å². The predicted octanol–water partition coefficient (Wildman–Crippen LogP) is 8.41. The van der Waals surface area contributed by atoms with Crippen LogP contribution in [0.4, 0.5) is 0 Å². The summed E-state index contributed by atoms with van der Waals surface area (Å²) < 4.78 is 12.5. The van der Waals surface area contributed by atoms with Crippen molar-refractivity contribution in [3.63, 3.8) is 0 Å². The van der Waals surface area contributed by atoms with Gasteiger partial charge in [-0.3, -0.25) is 0 Å². The molecule has 0 saturated carbocycles. The molecule has 2 N–H and O–H groups in total. The van der Waals surface area contributed by atoms with Crippen molar-refractivity contribution in [3.05, 3.63) is 60.7 Å². The van der Waals surface area contributed by atoms with Crippen LogP contribution in [0.15, 0.2) is 70.5 Å². The molecule has 3 rings (SSSR count). The van der Waals surface area contributed by atoms with Gasteiger partial charge in [0.2, 0.25) is 0 Å². The Hall–Kier alpha value is -2.21. The molecule has 4 nitrogen and oxygen atoms in total. The molecule has 0 radical (unpaired) electrons. The summed E-state index contributed by atoms with van der Waals surface area (Å²) in [4.78, 5) is 2.04. The number of hydrogen-bond acceptors (Lipinski definition) is 5. The van der Waals surface area contributed by atoms with Gasteiger partial charge in [-0.25, -0.2) is 0 Å². The van der Waals surface area contributed by atoms with Crippen molar-refractivity contribution >= 4 is 22.5 Å². The molecule has 0 aliphatic carbocycles. The standard InChI is InChI=1S/C32H44O4S/c1-3-5-7-10-16-25(33)23-35-30-22-31(37-27-18-12-9-13-19-27)32(29-21-15-14-20-28(29)30)36-24-26(34)17-11-8-6-4-2/h9,12-15,18-22,25-26,33-34H,3-8,10-11,16-17,23-24H2,1-2H3. The lowest BCUT2D eigenvalue weighted by Crippen LogP contribution is -2.18. The third kappa shape index (κ3) is 9.88. The zero-order valence-electron chi connectivity index (χ0n) is 22.5. The number of aliphatic hydroxyl groups excluding tert-OH is 2. The van der Waals surface area contributed by atoms with E-state index >= 15 is 0 Å². The molecule has 5 heteroatoms. The quantitative estimate of drug-likeness (QED) is 0.164. The van der Waals surface area contributed by atoms with Gasteiger partial charge in [0, 0.05) is 15.7 Å².